The van der Waals surface area contributed by atoms with Crippen LogP contribution in [-0.2, 0) is 6.18 Å². The lowest BCUT2D eigenvalue weighted by atomic mass is 10.1. The fourth-order valence-electron chi connectivity index (χ4n) is 2.71. The van der Waals surface area contributed by atoms with Gasteiger partial charge in [0, 0.05) is 12.6 Å². The molecule has 8 heteroatoms. The van der Waals surface area contributed by atoms with Crippen molar-refractivity contribution in [2.24, 2.45) is 0 Å². The molecular formula is C16H17F3N4O. The summed E-state index contributed by atoms with van der Waals surface area (Å²) >= 11 is 0. The van der Waals surface area contributed by atoms with Gasteiger partial charge in [-0.1, -0.05) is 17.7 Å². The summed E-state index contributed by atoms with van der Waals surface area (Å²) in [6.07, 6.45) is -3.03. The number of aromatic nitrogens is 2. The van der Waals surface area contributed by atoms with Crippen LogP contribution >= 0.6 is 0 Å². The first-order valence-electron chi connectivity index (χ1n) is 7.60. The average molecular weight is 338 g/mol. The van der Waals surface area contributed by atoms with Gasteiger partial charge < -0.3 is 10.6 Å². The van der Waals surface area contributed by atoms with Gasteiger partial charge in [-0.15, -0.1) is 0 Å². The van der Waals surface area contributed by atoms with E-state index in [0.29, 0.717) is 13.0 Å². The number of alkyl halides is 3. The Bertz CT molecular complexity index is 731. The van der Waals surface area contributed by atoms with Crippen molar-refractivity contribution < 1.29 is 18.0 Å². The Morgan fingerprint density at radius 3 is 2.62 bits per heavy atom. The van der Waals surface area contributed by atoms with Crippen LogP contribution < -0.4 is 10.6 Å². The van der Waals surface area contributed by atoms with E-state index in [1.54, 1.807) is 24.3 Å². The van der Waals surface area contributed by atoms with E-state index in [1.807, 2.05) is 6.92 Å². The predicted octanol–water partition coefficient (Wildman–Crippen LogP) is 2.29. The minimum Gasteiger partial charge on any atom is -0.348 e. The number of rotatable bonds is 3. The van der Waals surface area contributed by atoms with Gasteiger partial charge in [0.05, 0.1) is 17.4 Å². The number of halogens is 3. The molecule has 1 aromatic carbocycles. The third-order valence-corrected chi connectivity index (χ3v) is 3.96. The summed E-state index contributed by atoms with van der Waals surface area (Å²) in [7, 11) is 0. The van der Waals surface area contributed by atoms with Crippen LogP contribution in [-0.4, -0.2) is 34.8 Å². The third-order valence-electron chi connectivity index (χ3n) is 3.96. The van der Waals surface area contributed by atoms with Gasteiger partial charge in [0.25, 0.3) is 5.91 Å². The van der Waals surface area contributed by atoms with Crippen molar-refractivity contribution in [3.05, 3.63) is 47.3 Å². The summed E-state index contributed by atoms with van der Waals surface area (Å²) in [5.41, 5.74) is -0.342. The van der Waals surface area contributed by atoms with Crippen molar-refractivity contribution in [2.75, 3.05) is 13.1 Å². The van der Waals surface area contributed by atoms with Crippen molar-refractivity contribution in [2.45, 2.75) is 25.6 Å². The zero-order valence-corrected chi connectivity index (χ0v) is 13.0. The maximum Gasteiger partial charge on any atom is 0.434 e. The molecule has 0 saturated carbocycles. The fraction of sp³-hybridized carbons (Fsp3) is 0.375. The zero-order chi connectivity index (χ0) is 17.3. The summed E-state index contributed by atoms with van der Waals surface area (Å²) < 4.78 is 41.3. The molecule has 1 saturated heterocycles. The molecule has 2 N–H and O–H groups in total. The topological polar surface area (TPSA) is 59.0 Å². The lowest BCUT2D eigenvalue weighted by Crippen LogP contribution is -2.37. The highest BCUT2D eigenvalue weighted by molar-refractivity contribution is 5.95. The second-order valence-electron chi connectivity index (χ2n) is 5.82. The van der Waals surface area contributed by atoms with Crippen LogP contribution in [0.3, 0.4) is 0 Å². The van der Waals surface area contributed by atoms with Crippen molar-refractivity contribution >= 4 is 5.91 Å². The molecule has 0 spiro atoms. The van der Waals surface area contributed by atoms with Gasteiger partial charge in [0.2, 0.25) is 0 Å². The Balaban J connectivity index is 1.97. The molecule has 0 radical (unpaired) electrons. The lowest BCUT2D eigenvalue weighted by molar-refractivity contribution is -0.143. The van der Waals surface area contributed by atoms with E-state index in [0.717, 1.165) is 23.0 Å². The van der Waals surface area contributed by atoms with Crippen LogP contribution in [0.4, 0.5) is 13.2 Å². The average Bonchev–Trinajstić information content (AvgIpc) is 3.16. The van der Waals surface area contributed by atoms with E-state index >= 15 is 0 Å². The number of nitrogens with zero attached hydrogens (tertiary/aromatic N) is 2. The normalized spacial score (nSPS) is 17.9. The van der Waals surface area contributed by atoms with Crippen LogP contribution in [0.25, 0.3) is 5.69 Å². The Labute approximate surface area is 136 Å². The maximum absolute atomic E-state index is 13.5. The second-order valence-corrected chi connectivity index (χ2v) is 5.82. The molecule has 24 heavy (non-hydrogen) atoms. The van der Waals surface area contributed by atoms with Gasteiger partial charge in [-0.3, -0.25) is 4.79 Å². The Hall–Kier alpha value is -2.35. The molecule has 5 nitrogen and oxygen atoms in total. The summed E-state index contributed by atoms with van der Waals surface area (Å²) in [5, 5.41) is 9.48. The summed E-state index contributed by atoms with van der Waals surface area (Å²) in [6, 6.07) is 6.31. The Kier molecular flexibility index (Phi) is 4.31. The molecule has 1 aliphatic heterocycles. The molecule has 3 rings (SSSR count). The van der Waals surface area contributed by atoms with E-state index in [4.69, 9.17) is 0 Å². The van der Waals surface area contributed by atoms with Gasteiger partial charge in [0.1, 0.15) is 0 Å². The molecule has 128 valence electrons. The van der Waals surface area contributed by atoms with Crippen molar-refractivity contribution in [3.63, 3.8) is 0 Å². The number of carbonyl (C=O) groups excluding carboxylic acids is 1. The van der Waals surface area contributed by atoms with E-state index in [-0.39, 0.29) is 11.7 Å². The summed E-state index contributed by atoms with van der Waals surface area (Å²) in [6.45, 7) is 3.13. The molecule has 0 bridgehead atoms. The predicted molar refractivity (Wildman–Crippen MR) is 82.0 cm³/mol. The van der Waals surface area contributed by atoms with Crippen LogP contribution in [0.15, 0.2) is 30.5 Å². The first-order chi connectivity index (χ1) is 11.4. The molecule has 1 aromatic heterocycles. The van der Waals surface area contributed by atoms with Crippen molar-refractivity contribution in [1.29, 1.82) is 0 Å². The van der Waals surface area contributed by atoms with E-state index in [1.165, 1.54) is 0 Å². The van der Waals surface area contributed by atoms with E-state index in [2.05, 4.69) is 15.7 Å². The van der Waals surface area contributed by atoms with Crippen LogP contribution in [0.5, 0.6) is 0 Å². The number of benzene rings is 1. The van der Waals surface area contributed by atoms with Crippen molar-refractivity contribution in [1.82, 2.24) is 20.4 Å². The number of aryl methyl sites for hydroxylation is 1. The molecular weight excluding hydrogens is 321 g/mol. The Morgan fingerprint density at radius 1 is 1.33 bits per heavy atom. The molecule has 1 atom stereocenters. The molecule has 1 unspecified atom stereocenters. The number of hydrogen-bond donors (Lipinski definition) is 2. The molecule has 1 aliphatic rings. The first-order valence-corrected chi connectivity index (χ1v) is 7.60. The maximum atomic E-state index is 13.5. The van der Waals surface area contributed by atoms with Crippen LogP contribution in [0.2, 0.25) is 0 Å². The molecule has 1 amide bonds. The quantitative estimate of drug-likeness (QED) is 0.903. The Morgan fingerprint density at radius 2 is 2.04 bits per heavy atom. The molecule has 1 fully saturated rings. The largest absolute Gasteiger partial charge is 0.434 e. The zero-order valence-electron chi connectivity index (χ0n) is 13.0. The fourth-order valence-corrected chi connectivity index (χ4v) is 2.71. The highest BCUT2D eigenvalue weighted by Gasteiger charge is 2.40. The van der Waals surface area contributed by atoms with Gasteiger partial charge in [-0.2, -0.15) is 18.3 Å². The van der Waals surface area contributed by atoms with Gasteiger partial charge in [-0.25, -0.2) is 4.68 Å². The van der Waals surface area contributed by atoms with Crippen LogP contribution in [0, 0.1) is 6.92 Å². The summed E-state index contributed by atoms with van der Waals surface area (Å²) in [4.78, 5) is 12.3. The number of nitrogens with one attached hydrogen (secondary N) is 2. The van der Waals surface area contributed by atoms with E-state index in [9.17, 15) is 18.0 Å². The number of carbonyl (C=O) groups is 1. The third kappa shape index (κ3) is 3.28. The smallest absolute Gasteiger partial charge is 0.348 e. The minimum atomic E-state index is -4.69. The number of amides is 1. The lowest BCUT2D eigenvalue weighted by Gasteiger charge is -2.14. The first kappa shape index (κ1) is 16.5. The second kappa shape index (κ2) is 6.27. The van der Waals surface area contributed by atoms with E-state index < -0.39 is 23.3 Å². The highest BCUT2D eigenvalue weighted by Crippen LogP contribution is 2.33. The molecule has 2 heterocycles. The standard InChI is InChI=1S/C16H17F3N4O/c1-10-2-4-12(5-3-10)23-14(16(17,18)19)13(9-21-23)15(24)22-11-6-7-20-8-11/h2-5,9,11,20H,6-8H2,1H3,(H,22,24). The van der Waals surface area contributed by atoms with Crippen LogP contribution in [0.1, 0.15) is 28.0 Å². The van der Waals surface area contributed by atoms with Crippen molar-refractivity contribution in [3.8, 4) is 5.69 Å². The SMILES string of the molecule is Cc1ccc(-n2ncc(C(=O)NC3CCNC3)c2C(F)(F)F)cc1. The van der Waals surface area contributed by atoms with Gasteiger partial charge in [-0.05, 0) is 32.0 Å². The molecule has 0 aliphatic carbocycles. The monoisotopic (exact) mass is 338 g/mol. The molecule has 2 aromatic rings. The van der Waals surface area contributed by atoms with Gasteiger partial charge in [0.15, 0.2) is 5.69 Å². The summed E-state index contributed by atoms with van der Waals surface area (Å²) in [5.74, 6) is -0.755. The number of hydrogen-bond acceptors (Lipinski definition) is 3. The minimum absolute atomic E-state index is 0.165. The highest BCUT2D eigenvalue weighted by atomic mass is 19.4. The van der Waals surface area contributed by atoms with Gasteiger partial charge >= 0.3 is 6.18 Å².